The number of rotatable bonds is 10. The third-order valence-electron chi connectivity index (χ3n) is 4.77. The summed E-state index contributed by atoms with van der Waals surface area (Å²) in [7, 11) is -4.15. The Bertz CT molecular complexity index is 1170. The Kier molecular flexibility index (Phi) is 8.66. The SMILES string of the molecule is CCC(NC1=NCCN1)c1nnc(C(NS(=O)(=O)c2cccc(C)c2)C(=O)OC(=O)CCN)s1. The molecule has 0 aliphatic carbocycles. The number of carbonyl (C=O) groups excluding carboxylic acids is 2. The van der Waals surface area contributed by atoms with Crippen molar-refractivity contribution in [1.82, 2.24) is 25.6 Å². The first-order chi connectivity index (χ1) is 16.2. The number of ether oxygens (including phenoxy) is 1. The molecular weight excluding hydrogens is 482 g/mol. The summed E-state index contributed by atoms with van der Waals surface area (Å²) >= 11 is 1.03. The number of hydrogen-bond donors (Lipinski definition) is 4. The maximum atomic E-state index is 13.0. The Morgan fingerprint density at radius 3 is 2.71 bits per heavy atom. The van der Waals surface area contributed by atoms with E-state index in [4.69, 9.17) is 10.5 Å². The summed E-state index contributed by atoms with van der Waals surface area (Å²) in [5.74, 6) is -1.34. The minimum Gasteiger partial charge on any atom is -0.392 e. The summed E-state index contributed by atoms with van der Waals surface area (Å²) < 4.78 is 33.2. The number of carbonyl (C=O) groups is 2. The van der Waals surface area contributed by atoms with Gasteiger partial charge in [-0.3, -0.25) is 9.79 Å². The lowest BCUT2D eigenvalue weighted by atomic mass is 10.2. The third kappa shape index (κ3) is 6.56. The van der Waals surface area contributed by atoms with Crippen molar-refractivity contribution in [3.63, 3.8) is 0 Å². The van der Waals surface area contributed by atoms with Gasteiger partial charge in [0.15, 0.2) is 12.0 Å². The van der Waals surface area contributed by atoms with Crippen molar-refractivity contribution in [3.05, 3.63) is 39.8 Å². The molecule has 0 fully saturated rings. The maximum absolute atomic E-state index is 13.0. The molecule has 1 aromatic heterocycles. The quantitative estimate of drug-likeness (QED) is 0.257. The van der Waals surface area contributed by atoms with Gasteiger partial charge < -0.3 is 21.1 Å². The van der Waals surface area contributed by atoms with Crippen LogP contribution in [0.5, 0.6) is 0 Å². The highest BCUT2D eigenvalue weighted by Crippen LogP contribution is 2.27. The van der Waals surface area contributed by atoms with Gasteiger partial charge in [0.2, 0.25) is 10.0 Å². The normalized spacial score (nSPS) is 15.2. The van der Waals surface area contributed by atoms with Gasteiger partial charge in [0.25, 0.3) is 0 Å². The molecule has 2 atom stereocenters. The largest absolute Gasteiger partial charge is 0.392 e. The smallest absolute Gasteiger partial charge is 0.339 e. The van der Waals surface area contributed by atoms with Crippen LogP contribution in [0.2, 0.25) is 0 Å². The van der Waals surface area contributed by atoms with Crippen LogP contribution < -0.4 is 21.1 Å². The van der Waals surface area contributed by atoms with Gasteiger partial charge >= 0.3 is 11.9 Å². The minimum atomic E-state index is -4.15. The lowest BCUT2D eigenvalue weighted by Crippen LogP contribution is -2.36. The molecule has 12 nitrogen and oxygen atoms in total. The highest BCUT2D eigenvalue weighted by Gasteiger charge is 2.34. The van der Waals surface area contributed by atoms with Gasteiger partial charge in [0.1, 0.15) is 10.0 Å². The van der Waals surface area contributed by atoms with Crippen LogP contribution in [-0.2, 0) is 24.3 Å². The van der Waals surface area contributed by atoms with Gasteiger partial charge in [0, 0.05) is 13.1 Å². The number of nitrogens with two attached hydrogens (primary N) is 1. The van der Waals surface area contributed by atoms with Crippen LogP contribution in [0, 0.1) is 6.92 Å². The van der Waals surface area contributed by atoms with Gasteiger partial charge in [-0.2, -0.15) is 4.72 Å². The Hall–Kier alpha value is -2.94. The molecule has 0 saturated heterocycles. The molecule has 1 aromatic carbocycles. The molecule has 0 bridgehead atoms. The van der Waals surface area contributed by atoms with Crippen LogP contribution >= 0.6 is 11.3 Å². The van der Waals surface area contributed by atoms with E-state index in [2.05, 4.69) is 30.5 Å². The predicted molar refractivity (Wildman–Crippen MR) is 125 cm³/mol. The zero-order valence-electron chi connectivity index (χ0n) is 18.8. The van der Waals surface area contributed by atoms with E-state index in [0.29, 0.717) is 23.9 Å². The van der Waals surface area contributed by atoms with E-state index in [1.807, 2.05) is 6.92 Å². The van der Waals surface area contributed by atoms with E-state index >= 15 is 0 Å². The number of nitrogens with zero attached hydrogens (tertiary/aromatic N) is 3. The second-order valence-corrected chi connectivity index (χ2v) is 10.2. The van der Waals surface area contributed by atoms with Crippen molar-refractivity contribution < 1.29 is 22.7 Å². The Balaban J connectivity index is 1.89. The van der Waals surface area contributed by atoms with Gasteiger partial charge in [0.05, 0.1) is 23.9 Å². The van der Waals surface area contributed by atoms with Crippen molar-refractivity contribution in [2.24, 2.45) is 10.7 Å². The van der Waals surface area contributed by atoms with Crippen molar-refractivity contribution in [2.45, 2.75) is 43.7 Å². The number of benzene rings is 1. The Morgan fingerprint density at radius 1 is 1.29 bits per heavy atom. The second-order valence-electron chi connectivity index (χ2n) is 7.44. The molecule has 3 rings (SSSR count). The van der Waals surface area contributed by atoms with Crippen molar-refractivity contribution in [3.8, 4) is 0 Å². The van der Waals surface area contributed by atoms with Gasteiger partial charge in [-0.25, -0.2) is 13.2 Å². The molecule has 0 saturated carbocycles. The first kappa shape index (κ1) is 25.7. The standard InChI is InChI=1S/C20H27N7O5S2/c1-3-14(24-20-22-9-10-23-20)17-25-26-18(33-17)16(19(29)32-15(28)7-8-21)27-34(30,31)13-6-4-5-12(2)11-13/h4-6,11,14,16,27H,3,7-10,21H2,1-2H3,(H2,22,23,24). The van der Waals surface area contributed by atoms with Crippen molar-refractivity contribution >= 4 is 39.3 Å². The fourth-order valence-electron chi connectivity index (χ4n) is 3.05. The molecule has 14 heteroatoms. The number of guanidine groups is 1. The Morgan fingerprint density at radius 2 is 2.06 bits per heavy atom. The maximum Gasteiger partial charge on any atom is 0.339 e. The molecule has 5 N–H and O–H groups in total. The molecule has 0 spiro atoms. The van der Waals surface area contributed by atoms with Crippen LogP contribution in [0.3, 0.4) is 0 Å². The summed E-state index contributed by atoms with van der Waals surface area (Å²) in [5, 5.41) is 15.1. The molecule has 34 heavy (non-hydrogen) atoms. The predicted octanol–water partition coefficient (Wildman–Crippen LogP) is 0.285. The number of sulfonamides is 1. The van der Waals surface area contributed by atoms with Gasteiger partial charge in [-0.1, -0.05) is 30.4 Å². The fourth-order valence-corrected chi connectivity index (χ4v) is 5.39. The molecule has 2 unspecified atom stereocenters. The van der Waals surface area contributed by atoms with E-state index in [1.165, 1.54) is 12.1 Å². The van der Waals surface area contributed by atoms with E-state index in [9.17, 15) is 18.0 Å². The van der Waals surface area contributed by atoms with Crippen LogP contribution in [0.25, 0.3) is 0 Å². The zero-order chi connectivity index (χ0) is 24.7. The van der Waals surface area contributed by atoms with Crippen LogP contribution in [0.15, 0.2) is 34.2 Å². The Labute approximate surface area is 201 Å². The topological polar surface area (TPSA) is 178 Å². The summed E-state index contributed by atoms with van der Waals surface area (Å²) in [6.45, 7) is 5.05. The summed E-state index contributed by atoms with van der Waals surface area (Å²) in [5.41, 5.74) is 6.06. The summed E-state index contributed by atoms with van der Waals surface area (Å²) in [4.78, 5) is 28.9. The molecule has 0 amide bonds. The minimum absolute atomic E-state index is 0.0173. The average Bonchev–Trinajstić information content (AvgIpc) is 3.48. The number of nitrogens with one attached hydrogen (secondary N) is 3. The molecule has 1 aliphatic rings. The van der Waals surface area contributed by atoms with Crippen LogP contribution in [-0.4, -0.2) is 56.1 Å². The number of aliphatic imine (C=N–C) groups is 1. The first-order valence-corrected chi connectivity index (χ1v) is 12.9. The van der Waals surface area contributed by atoms with E-state index in [-0.39, 0.29) is 28.9 Å². The fraction of sp³-hybridized carbons (Fsp3) is 0.450. The highest BCUT2D eigenvalue weighted by molar-refractivity contribution is 7.89. The summed E-state index contributed by atoms with van der Waals surface area (Å²) in [6, 6.07) is 4.35. The van der Waals surface area contributed by atoms with E-state index in [0.717, 1.165) is 23.4 Å². The molecule has 2 heterocycles. The number of aryl methyl sites for hydroxylation is 1. The monoisotopic (exact) mass is 509 g/mol. The average molecular weight is 510 g/mol. The van der Waals surface area contributed by atoms with E-state index in [1.54, 1.807) is 19.1 Å². The van der Waals surface area contributed by atoms with Crippen LogP contribution in [0.4, 0.5) is 0 Å². The molecule has 2 aromatic rings. The molecule has 0 radical (unpaired) electrons. The zero-order valence-corrected chi connectivity index (χ0v) is 20.4. The highest BCUT2D eigenvalue weighted by atomic mass is 32.2. The molecule has 1 aliphatic heterocycles. The number of esters is 2. The number of hydrogen-bond acceptors (Lipinski definition) is 12. The third-order valence-corrected chi connectivity index (χ3v) is 7.29. The van der Waals surface area contributed by atoms with Gasteiger partial charge in [-0.05, 0) is 31.0 Å². The van der Waals surface area contributed by atoms with E-state index < -0.39 is 28.0 Å². The van der Waals surface area contributed by atoms with Crippen LogP contribution in [0.1, 0.15) is 47.4 Å². The van der Waals surface area contributed by atoms with Crippen molar-refractivity contribution in [1.29, 1.82) is 0 Å². The molecular formula is C20H27N7O5S2. The number of aromatic nitrogens is 2. The lowest BCUT2D eigenvalue weighted by molar-refractivity contribution is -0.160. The molecule has 184 valence electrons. The summed E-state index contributed by atoms with van der Waals surface area (Å²) in [6.07, 6.45) is 0.440. The van der Waals surface area contributed by atoms with Gasteiger partial charge in [-0.15, -0.1) is 10.2 Å². The first-order valence-electron chi connectivity index (χ1n) is 10.6. The van der Waals surface area contributed by atoms with Crippen molar-refractivity contribution in [2.75, 3.05) is 19.6 Å². The second kappa shape index (κ2) is 11.5. The lowest BCUT2D eigenvalue weighted by Gasteiger charge is -2.16.